The minimum Gasteiger partial charge on any atom is -0.507 e. The number of ether oxygens (including phenoxy) is 2. The molecule has 1 saturated heterocycles. The lowest BCUT2D eigenvalue weighted by Crippen LogP contribution is -2.35. The number of phenols is 1. The number of oxime groups is 1. The lowest BCUT2D eigenvalue weighted by Gasteiger charge is -2.28. The number of hydrogen-bond donors (Lipinski definition) is 1. The van der Waals surface area contributed by atoms with Gasteiger partial charge in [-0.3, -0.25) is 4.90 Å². The summed E-state index contributed by atoms with van der Waals surface area (Å²) in [4.78, 5) is 20.9. The lowest BCUT2D eigenvalue weighted by molar-refractivity contribution is -0.0312. The maximum absolute atomic E-state index is 12.8. The molecule has 0 spiro atoms. The molecule has 0 aromatic heterocycles. The van der Waals surface area contributed by atoms with Crippen molar-refractivity contribution in [2.24, 2.45) is 5.16 Å². The quantitative estimate of drug-likeness (QED) is 0.439. The number of carbonyl (C=O) groups is 1. The number of aromatic hydroxyl groups is 1. The van der Waals surface area contributed by atoms with E-state index in [1.54, 1.807) is 0 Å². The highest BCUT2D eigenvalue weighted by Gasteiger charge is 2.33. The molecule has 0 bridgehead atoms. The fourth-order valence-corrected chi connectivity index (χ4v) is 4.84. The highest BCUT2D eigenvalue weighted by molar-refractivity contribution is 6.02. The Morgan fingerprint density at radius 2 is 1.62 bits per heavy atom. The molecule has 2 aromatic carbocycles. The van der Waals surface area contributed by atoms with Gasteiger partial charge in [0, 0.05) is 42.7 Å². The van der Waals surface area contributed by atoms with Crippen LogP contribution in [0.5, 0.6) is 5.75 Å². The highest BCUT2D eigenvalue weighted by Crippen LogP contribution is 2.40. The predicted octanol–water partition coefficient (Wildman–Crippen LogP) is 5.98. The molecule has 2 aliphatic rings. The van der Waals surface area contributed by atoms with Crippen LogP contribution >= 0.6 is 12.4 Å². The maximum atomic E-state index is 12.8. The average molecular weight is 559 g/mol. The summed E-state index contributed by atoms with van der Waals surface area (Å²) < 4.78 is 11.2. The van der Waals surface area contributed by atoms with Gasteiger partial charge < -0.3 is 19.4 Å². The van der Waals surface area contributed by atoms with E-state index in [4.69, 9.17) is 14.3 Å². The first-order valence-electron chi connectivity index (χ1n) is 13.5. The van der Waals surface area contributed by atoms with Gasteiger partial charge in [0.25, 0.3) is 0 Å². The molecule has 2 atom stereocenters. The van der Waals surface area contributed by atoms with Crippen LogP contribution in [0, 0.1) is 0 Å². The smallest absolute Gasteiger partial charge is 0.338 e. The van der Waals surface area contributed by atoms with Gasteiger partial charge in [0.15, 0.2) is 6.10 Å². The third-order valence-electron chi connectivity index (χ3n) is 7.27. The largest absolute Gasteiger partial charge is 0.507 e. The number of morpholine rings is 1. The van der Waals surface area contributed by atoms with Crippen molar-refractivity contribution in [2.75, 3.05) is 26.3 Å². The molecule has 4 rings (SSSR count). The summed E-state index contributed by atoms with van der Waals surface area (Å²) in [5.74, 6) is -0.0368. The normalized spacial score (nSPS) is 19.1. The SMILES string of the molecule is CC(OC(=O)c1ccc(CN2CCOCC2)cc1)C1CC(c2cc(C(C)(C)C)c(O)c(C(C)(C)C)c2)=NO1.Cl. The van der Waals surface area contributed by atoms with Gasteiger partial charge >= 0.3 is 5.97 Å². The molecule has 1 N–H and O–H groups in total. The van der Waals surface area contributed by atoms with E-state index in [1.807, 2.05) is 43.3 Å². The van der Waals surface area contributed by atoms with Gasteiger partial charge in [0.05, 0.1) is 24.5 Å². The molecule has 39 heavy (non-hydrogen) atoms. The van der Waals surface area contributed by atoms with Crippen LogP contribution in [0.3, 0.4) is 0 Å². The van der Waals surface area contributed by atoms with Crippen LogP contribution in [0.25, 0.3) is 0 Å². The van der Waals surface area contributed by atoms with Crippen LogP contribution in [-0.4, -0.2) is 60.2 Å². The second kappa shape index (κ2) is 12.3. The highest BCUT2D eigenvalue weighted by atomic mass is 35.5. The summed E-state index contributed by atoms with van der Waals surface area (Å²) in [6.07, 6.45) is -0.331. The zero-order valence-electron chi connectivity index (χ0n) is 24.2. The average Bonchev–Trinajstić information content (AvgIpc) is 3.34. The molecule has 2 heterocycles. The number of halogens is 1. The standard InChI is InChI=1S/C31H42N2O5.ClH/c1-20(37-29(35)22-10-8-21(9-11-22)19-33-12-14-36-15-13-33)27-18-26(32-38-27)23-16-24(30(2,3)4)28(34)25(17-23)31(5,6)7;/h8-11,16-17,20,27,34H,12-15,18-19H2,1-7H3;1H. The molecule has 8 heteroatoms. The lowest BCUT2D eigenvalue weighted by atomic mass is 9.78. The molecule has 2 aliphatic heterocycles. The van der Waals surface area contributed by atoms with Crippen LogP contribution in [0.4, 0.5) is 0 Å². The number of benzene rings is 2. The monoisotopic (exact) mass is 558 g/mol. The Hall–Kier alpha value is -2.61. The molecule has 7 nitrogen and oxygen atoms in total. The summed E-state index contributed by atoms with van der Waals surface area (Å²) in [5, 5.41) is 15.4. The molecule has 2 unspecified atom stereocenters. The van der Waals surface area contributed by atoms with Crippen molar-refractivity contribution in [3.63, 3.8) is 0 Å². The first-order chi connectivity index (χ1) is 17.8. The molecule has 214 valence electrons. The molecule has 0 radical (unpaired) electrons. The zero-order valence-corrected chi connectivity index (χ0v) is 25.1. The Labute approximate surface area is 238 Å². The summed E-state index contributed by atoms with van der Waals surface area (Å²) >= 11 is 0. The van der Waals surface area contributed by atoms with Crippen LogP contribution in [0.1, 0.15) is 87.5 Å². The first-order valence-corrected chi connectivity index (χ1v) is 13.5. The Bertz CT molecular complexity index is 1140. The van der Waals surface area contributed by atoms with Gasteiger partial charge in [0.1, 0.15) is 11.9 Å². The number of carbonyl (C=O) groups excluding carboxylic acids is 1. The second-order valence-electron chi connectivity index (χ2n) is 12.5. The Morgan fingerprint density at radius 1 is 1.05 bits per heavy atom. The van der Waals surface area contributed by atoms with E-state index < -0.39 is 6.10 Å². The number of phenolic OH excluding ortho intramolecular Hbond substituents is 1. The summed E-state index contributed by atoms with van der Waals surface area (Å²) in [5.41, 5.74) is 4.68. The van der Waals surface area contributed by atoms with Crippen LogP contribution in [0.2, 0.25) is 0 Å². The Morgan fingerprint density at radius 3 is 2.15 bits per heavy atom. The van der Waals surface area contributed by atoms with Crippen molar-refractivity contribution in [3.05, 3.63) is 64.2 Å². The van der Waals surface area contributed by atoms with Crippen molar-refractivity contribution in [2.45, 2.75) is 84.5 Å². The van der Waals surface area contributed by atoms with Gasteiger partial charge in [-0.2, -0.15) is 0 Å². The van der Waals surface area contributed by atoms with Crippen molar-refractivity contribution in [1.82, 2.24) is 4.90 Å². The summed E-state index contributed by atoms with van der Waals surface area (Å²) in [6.45, 7) is 18.6. The van der Waals surface area contributed by atoms with Crippen LogP contribution in [0.15, 0.2) is 41.6 Å². The molecular formula is C31H43ClN2O5. The molecule has 0 amide bonds. The van der Waals surface area contributed by atoms with E-state index in [0.717, 1.165) is 60.8 Å². The third-order valence-corrected chi connectivity index (χ3v) is 7.27. The molecule has 0 aliphatic carbocycles. The van der Waals surface area contributed by atoms with Crippen molar-refractivity contribution in [3.8, 4) is 5.75 Å². The molecule has 2 aromatic rings. The molecular weight excluding hydrogens is 516 g/mol. The molecule has 0 saturated carbocycles. The second-order valence-corrected chi connectivity index (χ2v) is 12.5. The number of nitrogens with zero attached hydrogens (tertiary/aromatic N) is 2. The molecule has 1 fully saturated rings. The van der Waals surface area contributed by atoms with Crippen molar-refractivity contribution in [1.29, 1.82) is 0 Å². The van der Waals surface area contributed by atoms with Gasteiger partial charge in [-0.05, 0) is 47.6 Å². The van der Waals surface area contributed by atoms with Crippen LogP contribution in [-0.2, 0) is 31.7 Å². The van der Waals surface area contributed by atoms with E-state index in [0.29, 0.717) is 17.7 Å². The Balaban J connectivity index is 0.00000420. The fourth-order valence-electron chi connectivity index (χ4n) is 4.84. The Kier molecular flexibility index (Phi) is 9.73. The number of rotatable bonds is 6. The van der Waals surface area contributed by atoms with Gasteiger partial charge in [-0.15, -0.1) is 12.4 Å². The maximum Gasteiger partial charge on any atom is 0.338 e. The van der Waals surface area contributed by atoms with Gasteiger partial charge in [-0.1, -0.05) is 58.8 Å². The van der Waals surface area contributed by atoms with Crippen molar-refractivity contribution >= 4 is 24.1 Å². The van der Waals surface area contributed by atoms with E-state index in [2.05, 4.69) is 51.6 Å². The topological polar surface area (TPSA) is 80.6 Å². The summed E-state index contributed by atoms with van der Waals surface area (Å²) in [6, 6.07) is 11.6. The number of esters is 1. The zero-order chi connectivity index (χ0) is 27.7. The minimum atomic E-state index is -0.474. The van der Waals surface area contributed by atoms with Crippen LogP contribution < -0.4 is 0 Å². The summed E-state index contributed by atoms with van der Waals surface area (Å²) in [7, 11) is 0. The number of hydrogen-bond acceptors (Lipinski definition) is 7. The van der Waals surface area contributed by atoms with Crippen molar-refractivity contribution < 1.29 is 24.2 Å². The van der Waals surface area contributed by atoms with Gasteiger partial charge in [0.2, 0.25) is 0 Å². The van der Waals surface area contributed by atoms with Gasteiger partial charge in [-0.25, -0.2) is 4.79 Å². The minimum absolute atomic E-state index is 0. The third kappa shape index (κ3) is 7.53. The first kappa shape index (κ1) is 30.9. The van der Waals surface area contributed by atoms with E-state index >= 15 is 0 Å². The van der Waals surface area contributed by atoms with E-state index in [-0.39, 0.29) is 35.3 Å². The predicted molar refractivity (Wildman–Crippen MR) is 156 cm³/mol. The fraction of sp³-hybridized carbons (Fsp3) is 0.548. The van der Waals surface area contributed by atoms with E-state index in [9.17, 15) is 9.90 Å². The van der Waals surface area contributed by atoms with E-state index in [1.165, 1.54) is 0 Å².